The molecule has 4 nitrogen and oxygen atoms in total. The maximum Gasteiger partial charge on any atom is 0.222 e. The SMILES string of the molecule is Cc1nc(N)nc(N2CC3CC3(C)C2)c1Cl. The number of nitrogen functional groups attached to an aromatic ring is 1. The Morgan fingerprint density at radius 3 is 2.88 bits per heavy atom. The van der Waals surface area contributed by atoms with Gasteiger partial charge in [-0.25, -0.2) is 4.98 Å². The van der Waals surface area contributed by atoms with Crippen LogP contribution in [-0.4, -0.2) is 23.1 Å². The minimum Gasteiger partial charge on any atom is -0.368 e. The number of rotatable bonds is 1. The number of halogens is 1. The second-order valence-electron chi connectivity index (χ2n) is 5.24. The fourth-order valence-corrected chi connectivity index (χ4v) is 2.89. The van der Waals surface area contributed by atoms with E-state index < -0.39 is 0 Å². The molecular formula is C11H15ClN4. The molecule has 0 amide bonds. The molecule has 3 rings (SSSR count). The van der Waals surface area contributed by atoms with Crippen molar-refractivity contribution in [1.82, 2.24) is 9.97 Å². The van der Waals surface area contributed by atoms with Crippen LogP contribution in [-0.2, 0) is 0 Å². The highest BCUT2D eigenvalue weighted by Crippen LogP contribution is 2.58. The highest BCUT2D eigenvalue weighted by atomic mass is 35.5. The van der Waals surface area contributed by atoms with Crippen molar-refractivity contribution < 1.29 is 0 Å². The number of piperidine rings is 1. The Bertz CT molecular complexity index is 462. The van der Waals surface area contributed by atoms with E-state index in [0.29, 0.717) is 16.4 Å². The number of anilines is 2. The van der Waals surface area contributed by atoms with Gasteiger partial charge in [0.15, 0.2) is 5.82 Å². The number of aromatic nitrogens is 2. The predicted octanol–water partition coefficient (Wildman–Crippen LogP) is 1.87. The van der Waals surface area contributed by atoms with E-state index in [9.17, 15) is 0 Å². The zero-order valence-electron chi connectivity index (χ0n) is 9.50. The number of aryl methyl sites for hydroxylation is 1. The lowest BCUT2D eigenvalue weighted by Crippen LogP contribution is -2.25. The summed E-state index contributed by atoms with van der Waals surface area (Å²) in [6, 6.07) is 0. The number of fused-ring (bicyclic) bond motifs is 1. The average Bonchev–Trinajstić information content (AvgIpc) is 2.71. The van der Waals surface area contributed by atoms with Crippen LogP contribution in [0.25, 0.3) is 0 Å². The zero-order valence-corrected chi connectivity index (χ0v) is 10.3. The summed E-state index contributed by atoms with van der Waals surface area (Å²) in [5, 5.41) is 0.638. The highest BCUT2D eigenvalue weighted by Gasteiger charge is 2.56. The number of nitrogens with zero attached hydrogens (tertiary/aromatic N) is 3. The van der Waals surface area contributed by atoms with Crippen molar-refractivity contribution >= 4 is 23.4 Å². The van der Waals surface area contributed by atoms with E-state index in [2.05, 4.69) is 21.8 Å². The molecule has 0 radical (unpaired) electrons. The standard InChI is InChI=1S/C11H15ClN4/c1-6-8(12)9(15-10(13)14-6)16-4-7-3-11(7,2)5-16/h7H,3-5H2,1-2H3,(H2,13,14,15). The Labute approximate surface area is 99.8 Å². The van der Waals surface area contributed by atoms with Gasteiger partial charge in [-0.3, -0.25) is 0 Å². The van der Waals surface area contributed by atoms with Gasteiger partial charge in [0, 0.05) is 13.1 Å². The van der Waals surface area contributed by atoms with Crippen molar-refractivity contribution in [3.05, 3.63) is 10.7 Å². The first-order valence-electron chi connectivity index (χ1n) is 5.54. The predicted molar refractivity (Wildman–Crippen MR) is 64.6 cm³/mol. The van der Waals surface area contributed by atoms with Gasteiger partial charge in [-0.15, -0.1) is 0 Å². The smallest absolute Gasteiger partial charge is 0.222 e. The molecular weight excluding hydrogens is 224 g/mol. The summed E-state index contributed by atoms with van der Waals surface area (Å²) in [7, 11) is 0. The van der Waals surface area contributed by atoms with Crippen LogP contribution >= 0.6 is 11.6 Å². The number of hydrogen-bond donors (Lipinski definition) is 1. The van der Waals surface area contributed by atoms with Crippen LogP contribution in [0.1, 0.15) is 19.0 Å². The van der Waals surface area contributed by atoms with E-state index in [-0.39, 0.29) is 0 Å². The zero-order chi connectivity index (χ0) is 11.5. The second-order valence-corrected chi connectivity index (χ2v) is 5.62. The molecule has 1 aromatic heterocycles. The Morgan fingerprint density at radius 2 is 2.25 bits per heavy atom. The first-order valence-corrected chi connectivity index (χ1v) is 5.92. The Hall–Kier alpha value is -1.03. The van der Waals surface area contributed by atoms with E-state index in [0.717, 1.165) is 30.5 Å². The van der Waals surface area contributed by atoms with Gasteiger partial charge in [0.1, 0.15) is 5.02 Å². The molecule has 2 heterocycles. The van der Waals surface area contributed by atoms with E-state index in [1.807, 2.05) is 6.92 Å². The van der Waals surface area contributed by atoms with Gasteiger partial charge in [0.05, 0.1) is 5.69 Å². The van der Waals surface area contributed by atoms with Crippen LogP contribution in [0.3, 0.4) is 0 Å². The quantitative estimate of drug-likeness (QED) is 0.812. The molecule has 1 aromatic rings. The van der Waals surface area contributed by atoms with Gasteiger partial charge in [0.25, 0.3) is 0 Å². The van der Waals surface area contributed by atoms with Gasteiger partial charge in [0.2, 0.25) is 5.95 Å². The summed E-state index contributed by atoms with van der Waals surface area (Å²) >= 11 is 6.23. The Kier molecular flexibility index (Phi) is 1.90. The van der Waals surface area contributed by atoms with Crippen LogP contribution in [0.2, 0.25) is 5.02 Å². The van der Waals surface area contributed by atoms with Gasteiger partial charge in [-0.1, -0.05) is 18.5 Å². The molecule has 0 aromatic carbocycles. The minimum absolute atomic E-state index is 0.308. The summed E-state index contributed by atoms with van der Waals surface area (Å²) in [5.74, 6) is 1.92. The third kappa shape index (κ3) is 1.36. The molecule has 2 atom stereocenters. The Balaban J connectivity index is 1.95. The van der Waals surface area contributed by atoms with Gasteiger partial charge >= 0.3 is 0 Å². The lowest BCUT2D eigenvalue weighted by atomic mass is 10.1. The van der Waals surface area contributed by atoms with Crippen molar-refractivity contribution in [2.75, 3.05) is 23.7 Å². The monoisotopic (exact) mass is 238 g/mol. The first kappa shape index (κ1) is 10.1. The molecule has 0 bridgehead atoms. The molecule has 2 N–H and O–H groups in total. The third-order valence-electron chi connectivity index (χ3n) is 3.85. The molecule has 2 aliphatic rings. The summed E-state index contributed by atoms with van der Waals surface area (Å²) in [6.45, 7) is 6.27. The van der Waals surface area contributed by atoms with E-state index in [1.165, 1.54) is 6.42 Å². The largest absolute Gasteiger partial charge is 0.368 e. The molecule has 1 saturated carbocycles. The molecule has 2 unspecified atom stereocenters. The maximum atomic E-state index is 6.23. The first-order chi connectivity index (χ1) is 7.49. The molecule has 1 saturated heterocycles. The molecule has 1 aliphatic heterocycles. The summed E-state index contributed by atoms with van der Waals surface area (Å²) in [5.41, 5.74) is 6.91. The molecule has 2 fully saturated rings. The van der Waals surface area contributed by atoms with Crippen molar-refractivity contribution in [2.45, 2.75) is 20.3 Å². The van der Waals surface area contributed by atoms with Crippen LogP contribution in [0.4, 0.5) is 11.8 Å². The van der Waals surface area contributed by atoms with Crippen molar-refractivity contribution in [3.8, 4) is 0 Å². The minimum atomic E-state index is 0.308. The Morgan fingerprint density at radius 1 is 1.50 bits per heavy atom. The number of nitrogens with two attached hydrogens (primary N) is 1. The third-order valence-corrected chi connectivity index (χ3v) is 4.29. The van der Waals surface area contributed by atoms with Crippen molar-refractivity contribution in [3.63, 3.8) is 0 Å². The summed E-state index contributed by atoms with van der Waals surface area (Å²) in [6.07, 6.45) is 1.33. The van der Waals surface area contributed by atoms with Gasteiger partial charge in [-0.2, -0.15) is 4.98 Å². The molecule has 16 heavy (non-hydrogen) atoms. The lowest BCUT2D eigenvalue weighted by Gasteiger charge is -2.22. The van der Waals surface area contributed by atoms with Gasteiger partial charge in [-0.05, 0) is 24.7 Å². The van der Waals surface area contributed by atoms with Gasteiger partial charge < -0.3 is 10.6 Å². The fourth-order valence-electron chi connectivity index (χ4n) is 2.69. The maximum absolute atomic E-state index is 6.23. The summed E-state index contributed by atoms with van der Waals surface area (Å²) < 4.78 is 0. The average molecular weight is 239 g/mol. The van der Waals surface area contributed by atoms with E-state index >= 15 is 0 Å². The van der Waals surface area contributed by atoms with Crippen LogP contribution in [0, 0.1) is 18.3 Å². The summed E-state index contributed by atoms with van der Waals surface area (Å²) in [4.78, 5) is 10.6. The van der Waals surface area contributed by atoms with Crippen molar-refractivity contribution in [1.29, 1.82) is 0 Å². The highest BCUT2D eigenvalue weighted by molar-refractivity contribution is 6.33. The van der Waals surface area contributed by atoms with Crippen molar-refractivity contribution in [2.24, 2.45) is 11.3 Å². The van der Waals surface area contributed by atoms with Crippen LogP contribution in [0.15, 0.2) is 0 Å². The normalized spacial score (nSPS) is 31.7. The van der Waals surface area contributed by atoms with E-state index in [4.69, 9.17) is 17.3 Å². The van der Waals surface area contributed by atoms with Crippen LogP contribution < -0.4 is 10.6 Å². The topological polar surface area (TPSA) is 55.0 Å². The fraction of sp³-hybridized carbons (Fsp3) is 0.636. The lowest BCUT2D eigenvalue weighted by molar-refractivity contribution is 0.595. The molecule has 86 valence electrons. The van der Waals surface area contributed by atoms with Crippen LogP contribution in [0.5, 0.6) is 0 Å². The number of hydrogen-bond acceptors (Lipinski definition) is 4. The molecule has 5 heteroatoms. The molecule has 1 aliphatic carbocycles. The molecule has 0 spiro atoms. The van der Waals surface area contributed by atoms with E-state index in [1.54, 1.807) is 0 Å². The second kappa shape index (κ2) is 3.00.